The summed E-state index contributed by atoms with van der Waals surface area (Å²) < 4.78 is 51.4. The molecule has 194 valence electrons. The smallest absolute Gasteiger partial charge is 0.441 e. The average molecular weight is 484 g/mol. The highest BCUT2D eigenvalue weighted by Gasteiger charge is 2.24. The third-order valence-corrected chi connectivity index (χ3v) is 3.87. The summed E-state index contributed by atoms with van der Waals surface area (Å²) >= 11 is 0. The van der Waals surface area contributed by atoms with E-state index >= 15 is 0 Å². The van der Waals surface area contributed by atoms with Crippen molar-refractivity contribution in [1.82, 2.24) is 5.32 Å². The molecule has 1 aliphatic rings. The molecule has 1 atom stereocenters. The quantitative estimate of drug-likeness (QED) is 0.154. The van der Waals surface area contributed by atoms with Crippen molar-refractivity contribution in [3.8, 4) is 0 Å². The molecule has 1 aliphatic heterocycles. The SMILES string of the molecule is COCCOCCOCCOCCOCCOCCOCCOC(=O)OC[C@@H]1CNC(=O)O1. The van der Waals surface area contributed by atoms with E-state index in [4.69, 9.17) is 47.4 Å². The van der Waals surface area contributed by atoms with Crippen molar-refractivity contribution in [3.63, 3.8) is 0 Å². The number of ether oxygens (including phenoxy) is 10. The highest BCUT2D eigenvalue weighted by Crippen LogP contribution is 2.01. The lowest BCUT2D eigenvalue weighted by atomic mass is 10.4. The van der Waals surface area contributed by atoms with Gasteiger partial charge in [-0.1, -0.05) is 0 Å². The van der Waals surface area contributed by atoms with Gasteiger partial charge in [0.2, 0.25) is 0 Å². The van der Waals surface area contributed by atoms with E-state index in [9.17, 15) is 9.59 Å². The molecular weight excluding hydrogens is 446 g/mol. The topological polar surface area (TPSA) is 138 Å². The van der Waals surface area contributed by atoms with Crippen molar-refractivity contribution in [2.45, 2.75) is 6.10 Å². The van der Waals surface area contributed by atoms with Crippen LogP contribution < -0.4 is 5.32 Å². The van der Waals surface area contributed by atoms with Crippen LogP contribution in [0.3, 0.4) is 0 Å². The van der Waals surface area contributed by atoms with Gasteiger partial charge in [-0.25, -0.2) is 9.59 Å². The number of hydrogen-bond donors (Lipinski definition) is 1. The molecule has 1 rings (SSSR count). The Morgan fingerprint density at radius 3 is 1.55 bits per heavy atom. The Morgan fingerprint density at radius 1 is 0.727 bits per heavy atom. The predicted octanol–water partition coefficient (Wildman–Crippen LogP) is -0.00600. The number of cyclic esters (lactones) is 1. The molecule has 33 heavy (non-hydrogen) atoms. The van der Waals surface area contributed by atoms with Crippen LogP contribution in [0.4, 0.5) is 9.59 Å². The lowest BCUT2D eigenvalue weighted by Gasteiger charge is -2.10. The Hall–Kier alpha value is -1.74. The second-order valence-electron chi connectivity index (χ2n) is 6.48. The molecule has 0 radical (unpaired) electrons. The standard InChI is InChI=1S/C20H37NO12/c1-24-2-3-25-4-5-26-6-7-27-8-9-28-10-11-29-12-13-30-14-15-31-20(23)32-17-18-16-21-19(22)33-18/h18H,2-17H2,1H3,(H,21,22)/t18-/m0/s1. The first kappa shape index (κ1) is 29.3. The van der Waals surface area contributed by atoms with E-state index in [1.165, 1.54) is 0 Å². The van der Waals surface area contributed by atoms with Gasteiger partial charge >= 0.3 is 12.2 Å². The summed E-state index contributed by atoms with van der Waals surface area (Å²) in [6.45, 7) is 6.39. The molecule has 1 amide bonds. The molecule has 0 unspecified atom stereocenters. The van der Waals surface area contributed by atoms with E-state index < -0.39 is 18.4 Å². The van der Waals surface area contributed by atoms with Gasteiger partial charge in [-0.15, -0.1) is 0 Å². The molecule has 0 saturated carbocycles. The zero-order valence-electron chi connectivity index (χ0n) is 19.3. The largest absolute Gasteiger partial charge is 0.508 e. The van der Waals surface area contributed by atoms with Crippen LogP contribution in [0.15, 0.2) is 0 Å². The van der Waals surface area contributed by atoms with Crippen molar-refractivity contribution >= 4 is 12.2 Å². The highest BCUT2D eigenvalue weighted by atomic mass is 16.7. The molecule has 1 saturated heterocycles. The first-order chi connectivity index (χ1) is 16.2. The van der Waals surface area contributed by atoms with Crippen molar-refractivity contribution < 1.29 is 57.0 Å². The predicted molar refractivity (Wildman–Crippen MR) is 112 cm³/mol. The molecule has 0 aliphatic carbocycles. The fraction of sp³-hybridized carbons (Fsp3) is 0.900. The minimum absolute atomic E-state index is 0.0534. The van der Waals surface area contributed by atoms with Crippen molar-refractivity contribution in [2.24, 2.45) is 0 Å². The lowest BCUT2D eigenvalue weighted by Crippen LogP contribution is -2.23. The maximum absolute atomic E-state index is 11.4. The molecular formula is C20H37NO12. The summed E-state index contributed by atoms with van der Waals surface area (Å²) in [4.78, 5) is 22.2. The Bertz CT molecular complexity index is 482. The van der Waals surface area contributed by atoms with E-state index in [1.807, 2.05) is 0 Å². The zero-order chi connectivity index (χ0) is 23.8. The maximum Gasteiger partial charge on any atom is 0.508 e. The van der Waals surface area contributed by atoms with Gasteiger partial charge in [-0.3, -0.25) is 0 Å². The van der Waals surface area contributed by atoms with E-state index in [0.29, 0.717) is 85.8 Å². The monoisotopic (exact) mass is 483 g/mol. The number of methoxy groups -OCH3 is 1. The lowest BCUT2D eigenvalue weighted by molar-refractivity contribution is -0.0229. The minimum atomic E-state index is -0.838. The first-order valence-corrected chi connectivity index (χ1v) is 10.9. The van der Waals surface area contributed by atoms with Crippen molar-refractivity contribution in [1.29, 1.82) is 0 Å². The third kappa shape index (κ3) is 19.4. The van der Waals surface area contributed by atoms with E-state index in [2.05, 4.69) is 5.32 Å². The third-order valence-electron chi connectivity index (χ3n) is 3.87. The van der Waals surface area contributed by atoms with Gasteiger partial charge < -0.3 is 52.7 Å². The van der Waals surface area contributed by atoms with Crippen LogP contribution in [0.5, 0.6) is 0 Å². The van der Waals surface area contributed by atoms with E-state index in [0.717, 1.165) is 0 Å². The van der Waals surface area contributed by atoms with Gasteiger partial charge in [-0.05, 0) is 0 Å². The molecule has 1 heterocycles. The molecule has 0 aromatic heterocycles. The van der Waals surface area contributed by atoms with E-state index in [1.54, 1.807) is 7.11 Å². The molecule has 0 bridgehead atoms. The molecule has 0 aromatic carbocycles. The zero-order valence-corrected chi connectivity index (χ0v) is 19.3. The van der Waals surface area contributed by atoms with Crippen molar-refractivity contribution in [2.75, 3.05) is 113 Å². The number of carbonyl (C=O) groups excluding carboxylic acids is 2. The Morgan fingerprint density at radius 2 is 1.15 bits per heavy atom. The molecule has 13 nitrogen and oxygen atoms in total. The second kappa shape index (κ2) is 22.1. The number of rotatable bonds is 23. The number of carbonyl (C=O) groups is 2. The first-order valence-electron chi connectivity index (χ1n) is 10.9. The number of nitrogens with one attached hydrogen (secondary N) is 1. The second-order valence-corrected chi connectivity index (χ2v) is 6.48. The van der Waals surface area contributed by atoms with Crippen LogP contribution >= 0.6 is 0 Å². The summed E-state index contributed by atoms with van der Waals surface area (Å²) in [6, 6.07) is 0. The number of alkyl carbamates (subject to hydrolysis) is 1. The Balaban J connectivity index is 1.68. The van der Waals surface area contributed by atoms with Crippen LogP contribution in [0.2, 0.25) is 0 Å². The fourth-order valence-corrected chi connectivity index (χ4v) is 2.26. The summed E-state index contributed by atoms with van der Waals surface area (Å²) in [5, 5.41) is 2.45. The molecule has 0 spiro atoms. The van der Waals surface area contributed by atoms with Crippen molar-refractivity contribution in [3.05, 3.63) is 0 Å². The molecule has 0 aromatic rings. The average Bonchev–Trinajstić information content (AvgIpc) is 3.23. The summed E-state index contributed by atoms with van der Waals surface area (Å²) in [5.41, 5.74) is 0. The minimum Gasteiger partial charge on any atom is -0.441 e. The molecule has 13 heteroatoms. The summed E-state index contributed by atoms with van der Waals surface area (Å²) in [6.07, 6.45) is -1.85. The summed E-state index contributed by atoms with van der Waals surface area (Å²) in [7, 11) is 1.63. The van der Waals surface area contributed by atoms with Crippen LogP contribution in [0, 0.1) is 0 Å². The highest BCUT2D eigenvalue weighted by molar-refractivity contribution is 5.69. The fourth-order valence-electron chi connectivity index (χ4n) is 2.26. The van der Waals surface area contributed by atoms with Gasteiger partial charge in [0.15, 0.2) is 6.10 Å². The molecule has 1 N–H and O–H groups in total. The van der Waals surface area contributed by atoms with E-state index in [-0.39, 0.29) is 19.8 Å². The van der Waals surface area contributed by atoms with Crippen LogP contribution in [-0.4, -0.2) is 131 Å². The Labute approximate surface area is 194 Å². The van der Waals surface area contributed by atoms with Crippen LogP contribution in [0.1, 0.15) is 0 Å². The molecule has 1 fully saturated rings. The van der Waals surface area contributed by atoms with Gasteiger partial charge in [-0.2, -0.15) is 0 Å². The maximum atomic E-state index is 11.4. The van der Waals surface area contributed by atoms with Gasteiger partial charge in [0, 0.05) is 7.11 Å². The summed E-state index contributed by atoms with van der Waals surface area (Å²) in [5.74, 6) is 0. The van der Waals surface area contributed by atoms with Gasteiger partial charge in [0.1, 0.15) is 13.2 Å². The number of hydrogen-bond acceptors (Lipinski definition) is 12. The van der Waals surface area contributed by atoms with Crippen LogP contribution in [-0.2, 0) is 47.4 Å². The van der Waals surface area contributed by atoms with Gasteiger partial charge in [0.25, 0.3) is 0 Å². The Kier molecular flexibility index (Phi) is 19.6. The van der Waals surface area contributed by atoms with Gasteiger partial charge in [0.05, 0.1) is 92.4 Å². The normalized spacial score (nSPS) is 15.3. The number of amides is 1. The van der Waals surface area contributed by atoms with Crippen LogP contribution in [0.25, 0.3) is 0 Å².